The van der Waals surface area contributed by atoms with Crippen LogP contribution >= 0.6 is 0 Å². The van der Waals surface area contributed by atoms with Crippen LogP contribution in [0.1, 0.15) is 39.5 Å². The summed E-state index contributed by atoms with van der Waals surface area (Å²) >= 11 is 0. The van der Waals surface area contributed by atoms with E-state index >= 15 is 0 Å². The van der Waals surface area contributed by atoms with Crippen molar-refractivity contribution in [2.24, 2.45) is 5.92 Å². The summed E-state index contributed by atoms with van der Waals surface area (Å²) in [5, 5.41) is 16.1. The summed E-state index contributed by atoms with van der Waals surface area (Å²) in [4.78, 5) is 4.39. The van der Waals surface area contributed by atoms with Gasteiger partial charge in [0.25, 0.3) is 0 Å². The summed E-state index contributed by atoms with van der Waals surface area (Å²) in [6.45, 7) is 4.75. The van der Waals surface area contributed by atoms with Gasteiger partial charge in [-0.1, -0.05) is 33.1 Å². The highest BCUT2D eigenvalue weighted by atomic mass is 17.1. The van der Waals surface area contributed by atoms with E-state index in [0.717, 1.165) is 18.8 Å². The molecule has 0 atom stereocenters. The van der Waals surface area contributed by atoms with Crippen LogP contribution in [0.3, 0.4) is 0 Å². The highest BCUT2D eigenvalue weighted by Gasteiger charge is 1.96. The summed E-state index contributed by atoms with van der Waals surface area (Å²) in [5.41, 5.74) is 0. The van der Waals surface area contributed by atoms with Crippen LogP contribution in [0.15, 0.2) is 0 Å². The van der Waals surface area contributed by atoms with Crippen LogP contribution in [0.4, 0.5) is 0 Å². The first-order valence-corrected chi connectivity index (χ1v) is 4.43. The molecule has 0 bridgehead atoms. The van der Waals surface area contributed by atoms with Crippen molar-refractivity contribution in [2.75, 3.05) is 6.61 Å². The van der Waals surface area contributed by atoms with Gasteiger partial charge in [0.1, 0.15) is 0 Å². The lowest BCUT2D eigenvalue weighted by molar-refractivity contribution is -0.492. The van der Waals surface area contributed by atoms with Crippen LogP contribution < -0.4 is 0 Å². The third-order valence-electron chi connectivity index (χ3n) is 1.63. The minimum atomic E-state index is -0.234. The molecule has 0 unspecified atom stereocenters. The first-order chi connectivity index (χ1) is 5.63. The zero-order valence-electron chi connectivity index (χ0n) is 7.86. The highest BCUT2D eigenvalue weighted by Crippen LogP contribution is 2.07. The monoisotopic (exact) mass is 177 g/mol. The van der Waals surface area contributed by atoms with Gasteiger partial charge in [-0.25, -0.2) is 0 Å². The number of hydrogen-bond acceptors (Lipinski definition) is 4. The van der Waals surface area contributed by atoms with Crippen LogP contribution in [-0.2, 0) is 4.84 Å². The normalized spacial score (nSPS) is 11.5. The smallest absolute Gasteiger partial charge is 0.0736 e. The van der Waals surface area contributed by atoms with Crippen molar-refractivity contribution in [1.29, 1.82) is 0 Å². The van der Waals surface area contributed by atoms with E-state index in [1.165, 1.54) is 12.8 Å². The molecule has 0 spiro atoms. The Balaban J connectivity index is 2.91. The summed E-state index contributed by atoms with van der Waals surface area (Å²) in [7, 11) is 0. The minimum absolute atomic E-state index is 0.234. The summed E-state index contributed by atoms with van der Waals surface area (Å²) in [6.07, 6.45) is 4.34. The van der Waals surface area contributed by atoms with Crippen molar-refractivity contribution >= 4 is 0 Å². The molecule has 0 saturated carbocycles. The molecule has 4 nitrogen and oxygen atoms in total. The Labute approximate surface area is 73.6 Å². The Bertz CT molecular complexity index is 84.3. The van der Waals surface area contributed by atoms with Gasteiger partial charge < -0.3 is 0 Å². The van der Waals surface area contributed by atoms with Gasteiger partial charge in [0.15, 0.2) is 0 Å². The molecule has 0 radical (unpaired) electrons. The van der Waals surface area contributed by atoms with E-state index in [4.69, 9.17) is 10.4 Å². The van der Waals surface area contributed by atoms with Gasteiger partial charge in [-0.2, -0.15) is 0 Å². The SMILES string of the molecule is CC(C)CCCCCON(O)O. The van der Waals surface area contributed by atoms with Gasteiger partial charge in [0.2, 0.25) is 0 Å². The van der Waals surface area contributed by atoms with Gasteiger partial charge >= 0.3 is 0 Å². The molecular weight excluding hydrogens is 158 g/mol. The van der Waals surface area contributed by atoms with Crippen molar-refractivity contribution in [3.8, 4) is 0 Å². The molecule has 0 rings (SSSR count). The maximum absolute atomic E-state index is 8.16. The van der Waals surface area contributed by atoms with Gasteiger partial charge in [0, 0.05) is 0 Å². The molecule has 4 heteroatoms. The zero-order chi connectivity index (χ0) is 9.40. The van der Waals surface area contributed by atoms with E-state index in [0.29, 0.717) is 6.61 Å². The van der Waals surface area contributed by atoms with Gasteiger partial charge in [-0.3, -0.25) is 15.3 Å². The molecule has 0 aliphatic carbocycles. The summed E-state index contributed by atoms with van der Waals surface area (Å²) in [6, 6.07) is 0. The fourth-order valence-corrected chi connectivity index (χ4v) is 0.978. The Morgan fingerprint density at radius 2 is 1.83 bits per heavy atom. The Kier molecular flexibility index (Phi) is 7.39. The van der Waals surface area contributed by atoms with Crippen molar-refractivity contribution in [3.63, 3.8) is 0 Å². The molecule has 0 aromatic heterocycles. The van der Waals surface area contributed by atoms with Crippen LogP contribution in [0.2, 0.25) is 0 Å². The van der Waals surface area contributed by atoms with Gasteiger partial charge in [0.05, 0.1) is 12.0 Å². The lowest BCUT2D eigenvalue weighted by atomic mass is 10.1. The average molecular weight is 177 g/mol. The molecule has 74 valence electrons. The third-order valence-corrected chi connectivity index (χ3v) is 1.63. The Hall–Kier alpha value is -0.160. The molecule has 0 aliphatic rings. The first-order valence-electron chi connectivity index (χ1n) is 4.43. The predicted octanol–water partition coefficient (Wildman–Crippen LogP) is 2.21. The maximum atomic E-state index is 8.16. The highest BCUT2D eigenvalue weighted by molar-refractivity contribution is 4.46. The number of unbranched alkanes of at least 4 members (excludes halogenated alkanes) is 2. The largest absolute Gasteiger partial charge is 0.266 e. The average Bonchev–Trinajstić information content (AvgIpc) is 1.95. The van der Waals surface area contributed by atoms with E-state index in [9.17, 15) is 0 Å². The molecule has 0 aliphatic heterocycles. The summed E-state index contributed by atoms with van der Waals surface area (Å²) < 4.78 is 0. The van der Waals surface area contributed by atoms with Crippen LogP contribution in [0, 0.1) is 5.92 Å². The lowest BCUT2D eigenvalue weighted by Crippen LogP contribution is -2.14. The second-order valence-corrected chi connectivity index (χ2v) is 3.33. The molecular formula is C8H19NO3. The standard InChI is InChI=1S/C8H19NO3/c1-8(2)6-4-3-5-7-12-9(10)11/h8,10-11H,3-7H2,1-2H3. The van der Waals surface area contributed by atoms with Crippen molar-refractivity contribution in [3.05, 3.63) is 0 Å². The first kappa shape index (κ1) is 11.8. The van der Waals surface area contributed by atoms with E-state index in [1.54, 1.807) is 0 Å². The molecule has 0 heterocycles. The van der Waals surface area contributed by atoms with E-state index in [2.05, 4.69) is 18.7 Å². The Morgan fingerprint density at radius 3 is 2.33 bits per heavy atom. The topological polar surface area (TPSA) is 52.9 Å². The minimum Gasteiger partial charge on any atom is -0.266 e. The number of hydrogen-bond donors (Lipinski definition) is 2. The van der Waals surface area contributed by atoms with Crippen molar-refractivity contribution in [2.45, 2.75) is 39.5 Å². The van der Waals surface area contributed by atoms with Crippen LogP contribution in [-0.4, -0.2) is 22.4 Å². The molecule has 0 amide bonds. The molecule has 12 heavy (non-hydrogen) atoms. The fraction of sp³-hybridized carbons (Fsp3) is 1.00. The predicted molar refractivity (Wildman–Crippen MR) is 44.7 cm³/mol. The van der Waals surface area contributed by atoms with Crippen LogP contribution in [0.5, 0.6) is 0 Å². The van der Waals surface area contributed by atoms with E-state index < -0.39 is 0 Å². The van der Waals surface area contributed by atoms with Gasteiger partial charge in [-0.15, -0.1) is 0 Å². The molecule has 2 N–H and O–H groups in total. The van der Waals surface area contributed by atoms with Crippen molar-refractivity contribution in [1.82, 2.24) is 5.39 Å². The van der Waals surface area contributed by atoms with Gasteiger partial charge in [-0.05, 0) is 12.3 Å². The quantitative estimate of drug-likeness (QED) is 0.462. The maximum Gasteiger partial charge on any atom is 0.0736 e. The molecule has 0 aromatic carbocycles. The zero-order valence-corrected chi connectivity index (χ0v) is 7.86. The number of rotatable bonds is 7. The van der Waals surface area contributed by atoms with E-state index in [1.807, 2.05) is 0 Å². The Morgan fingerprint density at radius 1 is 1.17 bits per heavy atom. The molecule has 0 saturated heterocycles. The summed E-state index contributed by atoms with van der Waals surface area (Å²) in [5.74, 6) is 0.748. The second-order valence-electron chi connectivity index (χ2n) is 3.33. The van der Waals surface area contributed by atoms with Crippen LogP contribution in [0.25, 0.3) is 0 Å². The fourth-order valence-electron chi connectivity index (χ4n) is 0.978. The number of nitrogens with zero attached hydrogens (tertiary/aromatic N) is 1. The third kappa shape index (κ3) is 9.84. The molecule has 0 fully saturated rings. The second kappa shape index (κ2) is 7.49. The molecule has 0 aromatic rings. The van der Waals surface area contributed by atoms with E-state index in [-0.39, 0.29) is 5.39 Å². The lowest BCUT2D eigenvalue weighted by Gasteiger charge is -2.06. The van der Waals surface area contributed by atoms with Crippen molar-refractivity contribution < 1.29 is 15.3 Å².